The van der Waals surface area contributed by atoms with E-state index in [9.17, 15) is 0 Å². The number of ether oxygens (including phenoxy) is 1. The van der Waals surface area contributed by atoms with Gasteiger partial charge in [-0.15, -0.1) is 0 Å². The maximum absolute atomic E-state index is 6.00. The van der Waals surface area contributed by atoms with Crippen molar-refractivity contribution in [3.8, 4) is 5.75 Å². The lowest BCUT2D eigenvalue weighted by Gasteiger charge is -2.19. The van der Waals surface area contributed by atoms with Gasteiger partial charge in [0.05, 0.1) is 6.10 Å². The van der Waals surface area contributed by atoms with Crippen molar-refractivity contribution in [3.05, 3.63) is 47.7 Å². The topological polar surface area (TPSA) is 12.5 Å². The van der Waals surface area contributed by atoms with E-state index in [4.69, 9.17) is 4.74 Å². The predicted molar refractivity (Wildman–Crippen MR) is 120 cm³/mol. The normalized spacial score (nSPS) is 20.1. The summed E-state index contributed by atoms with van der Waals surface area (Å²) in [7, 11) is 5.08. The first kappa shape index (κ1) is 20.5. The standard InChI is InChI=1S/C12H19N.C12H17OP/c1-13(2)12-5-3-4-11(9-12)8-10-6-7-10;1-14-12-9-5-4-8-11(12)13-10-6-2-3-7-10/h5,9-10H,3-4,6-8H2,1-2H3;4-5,8-10,14H,2-3,6-7H2,1H3. The lowest BCUT2D eigenvalue weighted by Crippen LogP contribution is -2.14. The molecular formula is C24H36NOP. The average molecular weight is 386 g/mol. The molecule has 2 saturated carbocycles. The van der Waals surface area contributed by atoms with E-state index in [2.05, 4.69) is 62.1 Å². The van der Waals surface area contributed by atoms with Crippen LogP contribution in [0.1, 0.15) is 57.8 Å². The minimum atomic E-state index is 0.479. The second kappa shape index (κ2) is 10.3. The highest BCUT2D eigenvalue weighted by Crippen LogP contribution is 2.37. The van der Waals surface area contributed by atoms with Gasteiger partial charge in [0.2, 0.25) is 0 Å². The van der Waals surface area contributed by atoms with Crippen LogP contribution in [0.3, 0.4) is 0 Å². The molecule has 27 heavy (non-hydrogen) atoms. The van der Waals surface area contributed by atoms with Crippen LogP contribution in [0.5, 0.6) is 5.75 Å². The van der Waals surface area contributed by atoms with Gasteiger partial charge in [-0.2, -0.15) is 0 Å². The van der Waals surface area contributed by atoms with Crippen LogP contribution in [-0.4, -0.2) is 31.8 Å². The van der Waals surface area contributed by atoms with Gasteiger partial charge in [-0.3, -0.25) is 0 Å². The van der Waals surface area contributed by atoms with E-state index in [1.807, 2.05) is 0 Å². The maximum atomic E-state index is 6.00. The molecule has 0 bridgehead atoms. The summed E-state index contributed by atoms with van der Waals surface area (Å²) in [6.07, 6.45) is 17.2. The summed E-state index contributed by atoms with van der Waals surface area (Å²) in [5.74, 6) is 2.15. The molecule has 0 aliphatic heterocycles. The van der Waals surface area contributed by atoms with Gasteiger partial charge in [0, 0.05) is 25.1 Å². The van der Waals surface area contributed by atoms with Gasteiger partial charge >= 0.3 is 0 Å². The first-order chi connectivity index (χ1) is 13.2. The molecule has 1 aromatic rings. The molecule has 0 radical (unpaired) electrons. The number of rotatable bonds is 6. The fourth-order valence-corrected chi connectivity index (χ4v) is 4.52. The molecule has 1 atom stereocenters. The summed E-state index contributed by atoms with van der Waals surface area (Å²) in [4.78, 5) is 2.21. The highest BCUT2D eigenvalue weighted by Gasteiger charge is 2.23. The van der Waals surface area contributed by atoms with Crippen molar-refractivity contribution in [2.45, 2.75) is 63.9 Å². The van der Waals surface area contributed by atoms with Gasteiger partial charge < -0.3 is 9.64 Å². The van der Waals surface area contributed by atoms with Gasteiger partial charge in [0.25, 0.3) is 0 Å². The van der Waals surface area contributed by atoms with Crippen molar-refractivity contribution in [1.82, 2.24) is 4.90 Å². The Morgan fingerprint density at radius 2 is 1.81 bits per heavy atom. The molecule has 1 unspecified atom stereocenters. The van der Waals surface area contributed by atoms with Crippen LogP contribution in [0.15, 0.2) is 47.7 Å². The molecule has 0 N–H and O–H groups in total. The number of para-hydroxylation sites is 1. The van der Waals surface area contributed by atoms with Crippen molar-refractivity contribution >= 4 is 13.9 Å². The van der Waals surface area contributed by atoms with E-state index in [1.165, 1.54) is 68.8 Å². The van der Waals surface area contributed by atoms with Gasteiger partial charge in [-0.1, -0.05) is 38.4 Å². The van der Waals surface area contributed by atoms with Crippen molar-refractivity contribution < 1.29 is 4.74 Å². The number of hydrogen-bond donors (Lipinski definition) is 0. The molecule has 0 amide bonds. The quantitative estimate of drug-likeness (QED) is 0.566. The SMILES string of the molecule is CN(C)C1=CCCC(CC2CC2)=C1.CPc1ccccc1OC1CCCC1. The van der Waals surface area contributed by atoms with E-state index in [1.54, 1.807) is 5.57 Å². The molecule has 3 aliphatic carbocycles. The zero-order valence-electron chi connectivity index (χ0n) is 17.3. The lowest BCUT2D eigenvalue weighted by molar-refractivity contribution is 0.212. The first-order valence-electron chi connectivity index (χ1n) is 10.7. The van der Waals surface area contributed by atoms with Crippen LogP contribution in [0.25, 0.3) is 0 Å². The summed E-state index contributed by atoms with van der Waals surface area (Å²) in [5.41, 5.74) is 3.08. The Morgan fingerprint density at radius 3 is 2.48 bits per heavy atom. The van der Waals surface area contributed by atoms with E-state index in [0.29, 0.717) is 6.10 Å². The Bertz CT molecular complexity index is 654. The molecule has 0 heterocycles. The zero-order valence-corrected chi connectivity index (χ0v) is 18.3. The molecule has 0 aromatic heterocycles. The summed E-state index contributed by atoms with van der Waals surface area (Å²) in [6, 6.07) is 8.42. The summed E-state index contributed by atoms with van der Waals surface area (Å²) < 4.78 is 6.00. The maximum Gasteiger partial charge on any atom is 0.127 e. The van der Waals surface area contributed by atoms with Crippen LogP contribution in [0, 0.1) is 5.92 Å². The number of allylic oxidation sites excluding steroid dienone is 3. The molecule has 148 valence electrons. The summed E-state index contributed by atoms with van der Waals surface area (Å²) >= 11 is 0. The van der Waals surface area contributed by atoms with Crippen molar-refractivity contribution in [2.75, 3.05) is 20.8 Å². The van der Waals surface area contributed by atoms with E-state index >= 15 is 0 Å². The summed E-state index contributed by atoms with van der Waals surface area (Å²) in [6.45, 7) is 2.21. The Morgan fingerprint density at radius 1 is 1.07 bits per heavy atom. The third-order valence-electron chi connectivity index (χ3n) is 5.69. The van der Waals surface area contributed by atoms with Gasteiger partial charge in [0.1, 0.15) is 5.75 Å². The average Bonchev–Trinajstić information content (AvgIpc) is 3.35. The number of hydrogen-bond acceptors (Lipinski definition) is 2. The predicted octanol–water partition coefficient (Wildman–Crippen LogP) is 5.89. The fourth-order valence-electron chi connectivity index (χ4n) is 3.87. The van der Waals surface area contributed by atoms with Crippen LogP contribution >= 0.6 is 8.58 Å². The Labute approximate surface area is 167 Å². The second-order valence-electron chi connectivity index (χ2n) is 8.28. The van der Waals surface area contributed by atoms with Crippen LogP contribution in [0.4, 0.5) is 0 Å². The van der Waals surface area contributed by atoms with E-state index in [-0.39, 0.29) is 0 Å². The van der Waals surface area contributed by atoms with E-state index < -0.39 is 0 Å². The smallest absolute Gasteiger partial charge is 0.127 e. The molecule has 4 rings (SSSR count). The number of likely N-dealkylation sites (N-methyl/N-ethyl adjacent to an activating group) is 1. The summed E-state index contributed by atoms with van der Waals surface area (Å²) in [5, 5.41) is 1.36. The zero-order chi connectivity index (χ0) is 19.1. The van der Waals surface area contributed by atoms with Gasteiger partial charge in [-0.25, -0.2) is 0 Å². The molecule has 3 aliphatic rings. The molecular weight excluding hydrogens is 349 g/mol. The van der Waals surface area contributed by atoms with Crippen LogP contribution in [0.2, 0.25) is 0 Å². The van der Waals surface area contributed by atoms with Crippen molar-refractivity contribution in [1.29, 1.82) is 0 Å². The molecule has 1 aromatic carbocycles. The monoisotopic (exact) mass is 385 g/mol. The third kappa shape index (κ3) is 6.68. The highest BCUT2D eigenvalue weighted by atomic mass is 31.1. The lowest BCUT2D eigenvalue weighted by atomic mass is 9.98. The molecule has 0 spiro atoms. The highest BCUT2D eigenvalue weighted by molar-refractivity contribution is 7.46. The third-order valence-corrected chi connectivity index (χ3v) is 6.64. The molecule has 0 saturated heterocycles. The van der Waals surface area contributed by atoms with Crippen LogP contribution in [-0.2, 0) is 0 Å². The Hall–Kier alpha value is -1.27. The number of nitrogens with zero attached hydrogens (tertiary/aromatic N) is 1. The Balaban J connectivity index is 0.000000156. The van der Waals surface area contributed by atoms with Crippen molar-refractivity contribution in [3.63, 3.8) is 0 Å². The first-order valence-corrected chi connectivity index (χ1v) is 12.2. The minimum absolute atomic E-state index is 0.479. The Kier molecular flexibility index (Phi) is 7.82. The number of benzene rings is 1. The fraction of sp³-hybridized carbons (Fsp3) is 0.583. The van der Waals surface area contributed by atoms with E-state index in [0.717, 1.165) is 20.2 Å². The van der Waals surface area contributed by atoms with Crippen LogP contribution < -0.4 is 10.0 Å². The van der Waals surface area contributed by atoms with Crippen molar-refractivity contribution in [2.24, 2.45) is 5.92 Å². The molecule has 2 nitrogen and oxygen atoms in total. The van der Waals surface area contributed by atoms with Gasteiger partial charge in [-0.05, 0) is 82.5 Å². The largest absolute Gasteiger partial charge is 0.490 e. The minimum Gasteiger partial charge on any atom is -0.490 e. The molecule has 2 fully saturated rings. The molecule has 3 heteroatoms. The van der Waals surface area contributed by atoms with Gasteiger partial charge in [0.15, 0.2) is 0 Å². The second-order valence-corrected chi connectivity index (χ2v) is 9.32.